The van der Waals surface area contributed by atoms with Gasteiger partial charge in [0.05, 0.1) is 12.7 Å². The van der Waals surface area contributed by atoms with Crippen molar-refractivity contribution in [2.24, 2.45) is 10.9 Å². The molecular formula is C25H19FN2O8. The van der Waals surface area contributed by atoms with Gasteiger partial charge in [-0.3, -0.25) is 4.79 Å². The number of hydrogen-bond donors (Lipinski definition) is 3. The Balaban J connectivity index is 2.02. The smallest absolute Gasteiger partial charge is 0.347 e. The maximum absolute atomic E-state index is 13.8. The summed E-state index contributed by atoms with van der Waals surface area (Å²) in [5.74, 6) is 0.132. The number of halogens is 1. The standard InChI is InChI=1S/C25H19FN2O8/c1-10-7-15(29)18(19(28-27)20(30)12-5-4-6-13(26)8-12)23-17(10)25(33)36-21-11(2)16(34-3)9-14(24(31)32)22(21)35-23/h4-9,29H,27H2,1-3H3,(H,31,32). The molecule has 0 unspecified atom stereocenters. The molecule has 0 bridgehead atoms. The van der Waals surface area contributed by atoms with Crippen LogP contribution in [0.25, 0.3) is 0 Å². The van der Waals surface area contributed by atoms with E-state index in [1.165, 1.54) is 45.2 Å². The number of ether oxygens (including phenoxy) is 3. The molecule has 0 saturated heterocycles. The van der Waals surface area contributed by atoms with Crippen LogP contribution in [0.4, 0.5) is 4.39 Å². The number of rotatable bonds is 5. The molecule has 0 aliphatic carbocycles. The van der Waals surface area contributed by atoms with E-state index in [-0.39, 0.29) is 39.5 Å². The molecule has 1 heterocycles. The third-order valence-corrected chi connectivity index (χ3v) is 5.62. The van der Waals surface area contributed by atoms with Crippen LogP contribution in [-0.2, 0) is 0 Å². The number of fused-ring (bicyclic) bond motifs is 2. The molecule has 1 aliphatic heterocycles. The summed E-state index contributed by atoms with van der Waals surface area (Å²) >= 11 is 0. The Labute approximate surface area is 203 Å². The van der Waals surface area contributed by atoms with Crippen LogP contribution in [0.2, 0.25) is 0 Å². The highest BCUT2D eigenvalue weighted by Gasteiger charge is 2.36. The zero-order valence-corrected chi connectivity index (χ0v) is 19.2. The van der Waals surface area contributed by atoms with Crippen LogP contribution in [0.3, 0.4) is 0 Å². The van der Waals surface area contributed by atoms with Gasteiger partial charge in [0.25, 0.3) is 0 Å². The van der Waals surface area contributed by atoms with Crippen molar-refractivity contribution in [2.75, 3.05) is 7.11 Å². The third-order valence-electron chi connectivity index (χ3n) is 5.62. The Morgan fingerprint density at radius 3 is 2.42 bits per heavy atom. The highest BCUT2D eigenvalue weighted by molar-refractivity contribution is 6.52. The summed E-state index contributed by atoms with van der Waals surface area (Å²) in [6, 6.07) is 7.03. The second-order valence-electron chi connectivity index (χ2n) is 7.82. The molecule has 0 saturated carbocycles. The van der Waals surface area contributed by atoms with Gasteiger partial charge in [-0.25, -0.2) is 14.0 Å². The second-order valence-corrected chi connectivity index (χ2v) is 7.82. The number of esters is 1. The molecule has 0 aromatic heterocycles. The van der Waals surface area contributed by atoms with Crippen molar-refractivity contribution in [3.8, 4) is 28.7 Å². The molecule has 36 heavy (non-hydrogen) atoms. The van der Waals surface area contributed by atoms with Gasteiger partial charge in [-0.1, -0.05) is 12.1 Å². The van der Waals surface area contributed by atoms with Crippen molar-refractivity contribution < 1.29 is 43.2 Å². The van der Waals surface area contributed by atoms with E-state index >= 15 is 0 Å². The number of nitrogens with two attached hydrogens (primary N) is 1. The van der Waals surface area contributed by atoms with Crippen LogP contribution in [-0.4, -0.2) is 40.8 Å². The molecule has 1 aliphatic rings. The monoisotopic (exact) mass is 494 g/mol. The van der Waals surface area contributed by atoms with Gasteiger partial charge in [-0.05, 0) is 43.7 Å². The fourth-order valence-electron chi connectivity index (χ4n) is 3.91. The molecule has 0 fully saturated rings. The predicted molar refractivity (Wildman–Crippen MR) is 124 cm³/mol. The molecular weight excluding hydrogens is 475 g/mol. The Hall–Kier alpha value is -4.93. The van der Waals surface area contributed by atoms with Crippen LogP contribution in [0, 0.1) is 19.7 Å². The van der Waals surface area contributed by atoms with Crippen molar-refractivity contribution >= 4 is 23.4 Å². The van der Waals surface area contributed by atoms with E-state index in [0.29, 0.717) is 0 Å². The molecule has 184 valence electrons. The van der Waals surface area contributed by atoms with Crippen molar-refractivity contribution in [3.63, 3.8) is 0 Å². The topological polar surface area (TPSA) is 158 Å². The van der Waals surface area contributed by atoms with E-state index in [4.69, 9.17) is 20.1 Å². The third kappa shape index (κ3) is 3.86. The first-order valence-corrected chi connectivity index (χ1v) is 10.4. The number of nitrogens with zero attached hydrogens (tertiary/aromatic N) is 1. The SMILES string of the molecule is COc1cc(C(=O)O)c2c(c1C)OC(=O)c1c(C)cc(O)c(C(=NN)C(=O)c3cccc(F)c3)c1O2. The van der Waals surface area contributed by atoms with Gasteiger partial charge in [0.2, 0.25) is 5.78 Å². The zero-order valence-electron chi connectivity index (χ0n) is 19.2. The summed E-state index contributed by atoms with van der Waals surface area (Å²) in [6.45, 7) is 3.00. The normalized spacial score (nSPS) is 12.6. The maximum Gasteiger partial charge on any atom is 0.347 e. The Bertz CT molecular complexity index is 1500. The number of methoxy groups -OCH3 is 1. The minimum atomic E-state index is -1.42. The highest BCUT2D eigenvalue weighted by atomic mass is 19.1. The first kappa shape index (κ1) is 24.2. The van der Waals surface area contributed by atoms with E-state index in [0.717, 1.165) is 12.1 Å². The first-order valence-electron chi connectivity index (χ1n) is 10.4. The highest BCUT2D eigenvalue weighted by Crippen LogP contribution is 2.48. The number of carboxylic acid groups (broad SMARTS) is 1. The van der Waals surface area contributed by atoms with E-state index in [2.05, 4.69) is 5.10 Å². The Morgan fingerprint density at radius 2 is 1.81 bits per heavy atom. The molecule has 3 aromatic carbocycles. The molecule has 4 rings (SSSR count). The predicted octanol–water partition coefficient (Wildman–Crippen LogP) is 3.73. The summed E-state index contributed by atoms with van der Waals surface area (Å²) in [4.78, 5) is 38.4. The number of phenolic OH excluding ortho intramolecular Hbond substituents is 1. The van der Waals surface area contributed by atoms with Gasteiger partial charge < -0.3 is 30.3 Å². The molecule has 0 spiro atoms. The number of aromatic hydroxyl groups is 1. The number of carbonyl (C=O) groups is 3. The fourth-order valence-corrected chi connectivity index (χ4v) is 3.91. The second kappa shape index (κ2) is 9.02. The molecule has 10 nitrogen and oxygen atoms in total. The number of carboxylic acids is 1. The van der Waals surface area contributed by atoms with Gasteiger partial charge in [0.1, 0.15) is 34.2 Å². The van der Waals surface area contributed by atoms with Crippen molar-refractivity contribution in [1.29, 1.82) is 0 Å². The molecule has 4 N–H and O–H groups in total. The van der Waals surface area contributed by atoms with E-state index < -0.39 is 51.9 Å². The van der Waals surface area contributed by atoms with E-state index in [9.17, 15) is 29.0 Å². The number of aryl methyl sites for hydroxylation is 1. The lowest BCUT2D eigenvalue weighted by atomic mass is 9.94. The summed E-state index contributed by atoms with van der Waals surface area (Å²) in [5.41, 5.74) is -1.26. The van der Waals surface area contributed by atoms with Gasteiger partial charge in [0.15, 0.2) is 17.2 Å². The number of aromatic carboxylic acids is 1. The molecule has 11 heteroatoms. The number of Topliss-reactive ketones (excluding diaryl/α,β-unsaturated/α-hetero) is 1. The van der Waals surface area contributed by atoms with Gasteiger partial charge in [-0.2, -0.15) is 5.10 Å². The fraction of sp³-hybridized carbons (Fsp3) is 0.120. The van der Waals surface area contributed by atoms with Crippen LogP contribution in [0.1, 0.15) is 47.8 Å². The van der Waals surface area contributed by atoms with Crippen molar-refractivity contribution in [2.45, 2.75) is 13.8 Å². The molecule has 0 amide bonds. The lowest BCUT2D eigenvalue weighted by molar-refractivity contribution is 0.0685. The molecule has 0 radical (unpaired) electrons. The number of carbonyl (C=O) groups excluding carboxylic acids is 2. The number of benzene rings is 3. The van der Waals surface area contributed by atoms with Crippen molar-refractivity contribution in [3.05, 3.63) is 75.6 Å². The van der Waals surface area contributed by atoms with E-state index in [1.54, 1.807) is 0 Å². The number of hydrogen-bond acceptors (Lipinski definition) is 9. The largest absolute Gasteiger partial charge is 0.507 e. The average Bonchev–Trinajstić information content (AvgIpc) is 2.98. The van der Waals surface area contributed by atoms with Crippen molar-refractivity contribution in [1.82, 2.24) is 0 Å². The number of hydrazone groups is 1. The summed E-state index contributed by atoms with van der Waals surface area (Å²) < 4.78 is 30.4. The first-order chi connectivity index (χ1) is 17.1. The minimum absolute atomic E-state index is 0.124. The van der Waals surface area contributed by atoms with Crippen LogP contribution in [0.15, 0.2) is 41.5 Å². The number of ketones is 1. The summed E-state index contributed by atoms with van der Waals surface area (Å²) in [5, 5.41) is 24.1. The van der Waals surface area contributed by atoms with Gasteiger partial charge >= 0.3 is 11.9 Å². The van der Waals surface area contributed by atoms with Crippen LogP contribution >= 0.6 is 0 Å². The maximum atomic E-state index is 13.8. The lowest BCUT2D eigenvalue weighted by Crippen LogP contribution is -2.20. The summed E-state index contributed by atoms with van der Waals surface area (Å²) in [6.07, 6.45) is 0. The number of phenols is 1. The minimum Gasteiger partial charge on any atom is -0.507 e. The van der Waals surface area contributed by atoms with Crippen LogP contribution < -0.4 is 20.1 Å². The average molecular weight is 494 g/mol. The van der Waals surface area contributed by atoms with Crippen LogP contribution in [0.5, 0.6) is 28.7 Å². The van der Waals surface area contributed by atoms with Gasteiger partial charge in [-0.15, -0.1) is 0 Å². The molecule has 0 atom stereocenters. The quantitative estimate of drug-likeness (QED) is 0.120. The Kier molecular flexibility index (Phi) is 6.07. The molecule has 3 aromatic rings. The lowest BCUT2D eigenvalue weighted by Gasteiger charge is -2.18. The van der Waals surface area contributed by atoms with E-state index in [1.807, 2.05) is 0 Å². The zero-order chi connectivity index (χ0) is 26.3. The Morgan fingerprint density at radius 1 is 1.08 bits per heavy atom. The van der Waals surface area contributed by atoms with Gasteiger partial charge in [0, 0.05) is 11.1 Å². The summed E-state index contributed by atoms with van der Waals surface area (Å²) in [7, 11) is 1.32.